The van der Waals surface area contributed by atoms with Crippen molar-refractivity contribution in [3.8, 4) is 11.5 Å². The van der Waals surface area contributed by atoms with Crippen LogP contribution in [0.5, 0.6) is 11.5 Å². The number of non-ortho nitro benzene ring substituents is 1. The van der Waals surface area contributed by atoms with Crippen LogP contribution in [0.4, 0.5) is 10.2 Å². The average molecular weight is 277 g/mol. The second-order valence-electron chi connectivity index (χ2n) is 3.75. The maximum Gasteiger partial charge on any atom is 0.379 e. The number of nitrogens with zero attached hydrogens (tertiary/aromatic N) is 1. The standard InChI is InChI=1S/C13H8FNO5/c14-20-13(16)9-4-6-11(7-5-9)19-12-3-1-2-10(8-12)15(17)18/h1-8H. The third kappa shape index (κ3) is 3.08. The SMILES string of the molecule is O=C(OF)c1ccc(Oc2cccc([N+](=O)[O-])c2)cc1. The van der Waals surface area contributed by atoms with Gasteiger partial charge in [0, 0.05) is 10.6 Å². The van der Waals surface area contributed by atoms with Crippen LogP contribution in [0.3, 0.4) is 0 Å². The van der Waals surface area contributed by atoms with Crippen molar-refractivity contribution >= 4 is 11.7 Å². The van der Waals surface area contributed by atoms with Gasteiger partial charge >= 0.3 is 5.97 Å². The van der Waals surface area contributed by atoms with E-state index in [2.05, 4.69) is 4.94 Å². The second kappa shape index (κ2) is 5.79. The van der Waals surface area contributed by atoms with E-state index in [0.717, 1.165) is 0 Å². The number of benzene rings is 2. The van der Waals surface area contributed by atoms with Gasteiger partial charge in [0.1, 0.15) is 11.5 Å². The quantitative estimate of drug-likeness (QED) is 0.631. The Kier molecular flexibility index (Phi) is 3.90. The molecule has 0 aromatic heterocycles. The summed E-state index contributed by atoms with van der Waals surface area (Å²) in [6.45, 7) is 0. The molecule has 0 radical (unpaired) electrons. The molecule has 20 heavy (non-hydrogen) atoms. The van der Waals surface area contributed by atoms with Crippen molar-refractivity contribution in [2.75, 3.05) is 0 Å². The lowest BCUT2D eigenvalue weighted by Gasteiger charge is -2.05. The van der Waals surface area contributed by atoms with Crippen LogP contribution < -0.4 is 4.74 Å². The van der Waals surface area contributed by atoms with E-state index >= 15 is 0 Å². The van der Waals surface area contributed by atoms with Crippen LogP contribution in [0.25, 0.3) is 0 Å². The number of nitro groups is 1. The lowest BCUT2D eigenvalue weighted by Crippen LogP contribution is -1.97. The fraction of sp³-hybridized carbons (Fsp3) is 0. The van der Waals surface area contributed by atoms with Crippen molar-refractivity contribution in [2.45, 2.75) is 0 Å². The van der Waals surface area contributed by atoms with Crippen LogP contribution >= 0.6 is 0 Å². The van der Waals surface area contributed by atoms with Crippen molar-refractivity contribution in [1.82, 2.24) is 0 Å². The molecule has 0 fully saturated rings. The Hall–Kier alpha value is -2.96. The van der Waals surface area contributed by atoms with Gasteiger partial charge < -0.3 is 4.74 Å². The minimum absolute atomic E-state index is 0.0268. The van der Waals surface area contributed by atoms with E-state index in [4.69, 9.17) is 4.74 Å². The molecule has 0 atom stereocenters. The Morgan fingerprint density at radius 1 is 1.10 bits per heavy atom. The molecule has 2 aromatic rings. The third-order valence-electron chi connectivity index (χ3n) is 2.42. The molecule has 0 aliphatic heterocycles. The van der Waals surface area contributed by atoms with Gasteiger partial charge in [-0.15, -0.1) is 0 Å². The minimum atomic E-state index is -1.10. The van der Waals surface area contributed by atoms with Gasteiger partial charge in [-0.2, -0.15) is 0 Å². The van der Waals surface area contributed by atoms with Crippen molar-refractivity contribution in [3.63, 3.8) is 0 Å². The molecule has 7 heteroatoms. The van der Waals surface area contributed by atoms with E-state index in [9.17, 15) is 19.4 Å². The van der Waals surface area contributed by atoms with E-state index in [-0.39, 0.29) is 17.0 Å². The van der Waals surface area contributed by atoms with Gasteiger partial charge in [0.05, 0.1) is 16.6 Å². The van der Waals surface area contributed by atoms with Gasteiger partial charge in [-0.1, -0.05) is 6.07 Å². The Labute approximate surface area is 112 Å². The normalized spacial score (nSPS) is 9.85. The lowest BCUT2D eigenvalue weighted by molar-refractivity contribution is -0.384. The molecule has 0 bridgehead atoms. The molecular weight excluding hydrogens is 269 g/mol. The van der Waals surface area contributed by atoms with Crippen molar-refractivity contribution < 1.29 is 23.9 Å². The van der Waals surface area contributed by atoms with Crippen molar-refractivity contribution in [2.24, 2.45) is 0 Å². The first-order valence-electron chi connectivity index (χ1n) is 5.45. The first-order valence-corrected chi connectivity index (χ1v) is 5.45. The van der Waals surface area contributed by atoms with Crippen LogP contribution in [0.15, 0.2) is 48.5 Å². The topological polar surface area (TPSA) is 78.7 Å². The summed E-state index contributed by atoms with van der Waals surface area (Å²) in [5.74, 6) is -0.479. The summed E-state index contributed by atoms with van der Waals surface area (Å²) in [5, 5.41) is 10.6. The molecule has 0 heterocycles. The van der Waals surface area contributed by atoms with Gasteiger partial charge in [0.2, 0.25) is 0 Å². The molecule has 0 spiro atoms. The fourth-order valence-electron chi connectivity index (χ4n) is 1.50. The average Bonchev–Trinajstić information content (AvgIpc) is 2.47. The molecule has 102 valence electrons. The van der Waals surface area contributed by atoms with E-state index < -0.39 is 10.9 Å². The number of hydrogen-bond donors (Lipinski definition) is 0. The first kappa shape index (κ1) is 13.5. The minimum Gasteiger partial charge on any atom is -0.457 e. The van der Waals surface area contributed by atoms with Crippen LogP contribution in [-0.4, -0.2) is 10.9 Å². The van der Waals surface area contributed by atoms with Gasteiger partial charge in [0.15, 0.2) is 0 Å². The predicted octanol–water partition coefficient (Wildman–Crippen LogP) is 3.43. The van der Waals surface area contributed by atoms with E-state index in [0.29, 0.717) is 5.75 Å². The molecule has 0 saturated carbocycles. The van der Waals surface area contributed by atoms with E-state index in [1.54, 1.807) is 6.07 Å². The largest absolute Gasteiger partial charge is 0.457 e. The number of nitro benzene ring substituents is 1. The van der Waals surface area contributed by atoms with Crippen molar-refractivity contribution in [1.29, 1.82) is 0 Å². The summed E-state index contributed by atoms with van der Waals surface area (Å²) < 4.78 is 17.1. The fourth-order valence-corrected chi connectivity index (χ4v) is 1.50. The zero-order valence-electron chi connectivity index (χ0n) is 9.99. The molecule has 0 unspecified atom stereocenters. The van der Waals surface area contributed by atoms with Crippen LogP contribution in [-0.2, 0) is 4.94 Å². The number of carbonyl (C=O) groups is 1. The number of ether oxygens (including phenoxy) is 1. The highest BCUT2D eigenvalue weighted by atomic mass is 19.3. The van der Waals surface area contributed by atoms with Crippen LogP contribution in [0, 0.1) is 10.1 Å². The van der Waals surface area contributed by atoms with Gasteiger partial charge in [-0.3, -0.25) is 10.1 Å². The molecule has 2 rings (SSSR count). The summed E-state index contributed by atoms with van der Waals surface area (Å²) in [7, 11) is 0. The Morgan fingerprint density at radius 2 is 1.80 bits per heavy atom. The van der Waals surface area contributed by atoms with E-state index in [1.807, 2.05) is 0 Å². The molecule has 6 nitrogen and oxygen atoms in total. The zero-order chi connectivity index (χ0) is 14.5. The predicted molar refractivity (Wildman–Crippen MR) is 66.1 cm³/mol. The Morgan fingerprint density at radius 3 is 2.40 bits per heavy atom. The molecule has 2 aromatic carbocycles. The second-order valence-corrected chi connectivity index (χ2v) is 3.75. The Balaban J connectivity index is 2.16. The van der Waals surface area contributed by atoms with Crippen LogP contribution in [0.2, 0.25) is 0 Å². The zero-order valence-corrected chi connectivity index (χ0v) is 9.99. The molecule has 0 saturated heterocycles. The highest BCUT2D eigenvalue weighted by Crippen LogP contribution is 2.25. The van der Waals surface area contributed by atoms with Gasteiger partial charge in [-0.05, 0) is 30.3 Å². The van der Waals surface area contributed by atoms with Crippen molar-refractivity contribution in [3.05, 3.63) is 64.2 Å². The third-order valence-corrected chi connectivity index (χ3v) is 2.42. The maximum absolute atomic E-state index is 11.7. The first-order chi connectivity index (χ1) is 9.60. The van der Waals surface area contributed by atoms with E-state index in [1.165, 1.54) is 42.5 Å². The molecule has 0 aliphatic rings. The summed E-state index contributed by atoms with van der Waals surface area (Å²) in [6.07, 6.45) is 0. The number of hydrogen-bond acceptors (Lipinski definition) is 5. The molecule has 0 amide bonds. The monoisotopic (exact) mass is 277 g/mol. The molecular formula is C13H8FNO5. The highest BCUT2D eigenvalue weighted by Gasteiger charge is 2.09. The number of carbonyl (C=O) groups excluding carboxylic acids is 1. The number of halogens is 1. The summed E-state index contributed by atoms with van der Waals surface area (Å²) in [6, 6.07) is 11.1. The van der Waals surface area contributed by atoms with Gasteiger partial charge in [0.25, 0.3) is 5.69 Å². The highest BCUT2D eigenvalue weighted by molar-refractivity contribution is 5.89. The summed E-state index contributed by atoms with van der Waals surface area (Å²) in [4.78, 5) is 24.1. The maximum atomic E-state index is 11.7. The van der Waals surface area contributed by atoms with Crippen LogP contribution in [0.1, 0.15) is 10.4 Å². The number of rotatable bonds is 4. The Bertz CT molecular complexity index is 641. The van der Waals surface area contributed by atoms with Gasteiger partial charge in [-0.25, -0.2) is 9.74 Å². The smallest absolute Gasteiger partial charge is 0.379 e. The lowest BCUT2D eigenvalue weighted by atomic mass is 10.2. The molecule has 0 N–H and O–H groups in total. The molecule has 0 aliphatic carbocycles. The summed E-state index contributed by atoms with van der Waals surface area (Å²) >= 11 is 0. The summed E-state index contributed by atoms with van der Waals surface area (Å²) in [5.41, 5.74) is -0.0704.